The van der Waals surface area contributed by atoms with Gasteiger partial charge in [-0.2, -0.15) is 5.10 Å². The second-order valence-corrected chi connectivity index (χ2v) is 4.23. The molecule has 3 N–H and O–H groups in total. The Morgan fingerprint density at radius 1 is 1.33 bits per heavy atom. The van der Waals surface area contributed by atoms with Gasteiger partial charge in [0.2, 0.25) is 5.91 Å². The number of carbonyl (C=O) groups is 1. The first-order chi connectivity index (χ1) is 8.56. The summed E-state index contributed by atoms with van der Waals surface area (Å²) in [5.74, 6) is -0.194. The highest BCUT2D eigenvalue weighted by Gasteiger charge is 2.07. The van der Waals surface area contributed by atoms with Crippen LogP contribution in [0.25, 0.3) is 11.3 Å². The van der Waals surface area contributed by atoms with Gasteiger partial charge in [-0.25, -0.2) is 0 Å². The first-order valence-corrected chi connectivity index (χ1v) is 5.73. The molecule has 1 aromatic heterocycles. The molecule has 1 heterocycles. The largest absolute Gasteiger partial charge is 0.325 e. The number of hydrogen-bond donors (Lipinski definition) is 2. The van der Waals surface area contributed by atoms with Crippen LogP contribution in [-0.2, 0) is 11.8 Å². The molecule has 94 valence electrons. The number of nitrogens with zero attached hydrogens (tertiary/aromatic N) is 2. The quantitative estimate of drug-likeness (QED) is 0.856. The van der Waals surface area contributed by atoms with E-state index in [1.165, 1.54) is 0 Å². The highest BCUT2D eigenvalue weighted by Crippen LogP contribution is 2.19. The molecule has 5 nitrogen and oxygen atoms in total. The van der Waals surface area contributed by atoms with Crippen molar-refractivity contribution in [2.75, 3.05) is 5.32 Å². The first kappa shape index (κ1) is 12.3. The average Bonchev–Trinajstić information content (AvgIpc) is 2.76. The molecule has 0 spiro atoms. The summed E-state index contributed by atoms with van der Waals surface area (Å²) in [7, 11) is 1.88. The van der Waals surface area contributed by atoms with Crippen molar-refractivity contribution in [1.82, 2.24) is 9.78 Å². The minimum Gasteiger partial charge on any atom is -0.325 e. The zero-order valence-electron chi connectivity index (χ0n) is 10.4. The molecule has 1 amide bonds. The van der Waals surface area contributed by atoms with Gasteiger partial charge in [-0.3, -0.25) is 9.48 Å². The molecule has 0 bridgehead atoms. The van der Waals surface area contributed by atoms with Crippen LogP contribution in [0.4, 0.5) is 5.69 Å². The Kier molecular flexibility index (Phi) is 3.43. The van der Waals surface area contributed by atoms with E-state index < -0.39 is 6.04 Å². The monoisotopic (exact) mass is 244 g/mol. The Bertz CT molecular complexity index is 542. The predicted molar refractivity (Wildman–Crippen MR) is 70.9 cm³/mol. The molecule has 0 radical (unpaired) electrons. The van der Waals surface area contributed by atoms with Gasteiger partial charge < -0.3 is 11.1 Å². The van der Waals surface area contributed by atoms with Crippen molar-refractivity contribution in [3.8, 4) is 11.3 Å². The Morgan fingerprint density at radius 3 is 2.50 bits per heavy atom. The normalized spacial score (nSPS) is 12.2. The maximum Gasteiger partial charge on any atom is 0.240 e. The number of nitrogens with one attached hydrogen (secondary N) is 1. The number of hydrogen-bond acceptors (Lipinski definition) is 3. The standard InChI is InChI=1S/C13H16N4O/c1-9(14)13(18)15-11-5-3-10(4-6-11)12-7-8-17(2)16-12/h3-9H,14H2,1-2H3,(H,15,18)/t9-/m1/s1. The van der Waals surface area contributed by atoms with Crippen molar-refractivity contribution in [1.29, 1.82) is 0 Å². The fourth-order valence-corrected chi connectivity index (χ4v) is 1.55. The molecule has 0 saturated heterocycles. The van der Waals surface area contributed by atoms with Crippen LogP contribution in [0, 0.1) is 0 Å². The first-order valence-electron chi connectivity index (χ1n) is 5.73. The van der Waals surface area contributed by atoms with Gasteiger partial charge in [0, 0.05) is 24.5 Å². The van der Waals surface area contributed by atoms with Crippen LogP contribution in [0.5, 0.6) is 0 Å². The van der Waals surface area contributed by atoms with Gasteiger partial charge in [-0.05, 0) is 25.1 Å². The molecule has 0 fully saturated rings. The van der Waals surface area contributed by atoms with Crippen molar-refractivity contribution in [3.05, 3.63) is 36.5 Å². The highest BCUT2D eigenvalue weighted by molar-refractivity contribution is 5.94. The summed E-state index contributed by atoms with van der Waals surface area (Å²) >= 11 is 0. The number of nitrogens with two attached hydrogens (primary N) is 1. The van der Waals surface area contributed by atoms with E-state index in [0.29, 0.717) is 0 Å². The number of benzene rings is 1. The maximum atomic E-state index is 11.4. The van der Waals surface area contributed by atoms with Gasteiger partial charge in [0.15, 0.2) is 0 Å². The van der Waals surface area contributed by atoms with Crippen LogP contribution in [0.1, 0.15) is 6.92 Å². The number of aryl methyl sites for hydroxylation is 1. The lowest BCUT2D eigenvalue weighted by Crippen LogP contribution is -2.32. The smallest absolute Gasteiger partial charge is 0.240 e. The lowest BCUT2D eigenvalue weighted by atomic mass is 10.1. The zero-order chi connectivity index (χ0) is 13.1. The summed E-state index contributed by atoms with van der Waals surface area (Å²) < 4.78 is 1.75. The number of anilines is 1. The second kappa shape index (κ2) is 5.01. The Morgan fingerprint density at radius 2 is 2.00 bits per heavy atom. The molecular weight excluding hydrogens is 228 g/mol. The van der Waals surface area contributed by atoms with E-state index in [1.807, 2.05) is 43.6 Å². The third-order valence-electron chi connectivity index (χ3n) is 2.58. The third-order valence-corrected chi connectivity index (χ3v) is 2.58. The molecule has 0 aliphatic carbocycles. The zero-order valence-corrected chi connectivity index (χ0v) is 10.4. The van der Waals surface area contributed by atoms with E-state index in [9.17, 15) is 4.79 Å². The van der Waals surface area contributed by atoms with Crippen LogP contribution in [0.3, 0.4) is 0 Å². The van der Waals surface area contributed by atoms with Crippen LogP contribution >= 0.6 is 0 Å². The van der Waals surface area contributed by atoms with E-state index in [0.717, 1.165) is 16.9 Å². The van der Waals surface area contributed by atoms with E-state index in [4.69, 9.17) is 5.73 Å². The molecule has 2 rings (SSSR count). The Balaban J connectivity index is 2.13. The number of carbonyl (C=O) groups excluding carboxylic acids is 1. The molecule has 0 aliphatic heterocycles. The molecular formula is C13H16N4O. The predicted octanol–water partition coefficient (Wildman–Crippen LogP) is 1.37. The number of aromatic nitrogens is 2. The molecule has 2 aromatic rings. The minimum absolute atomic E-state index is 0.194. The SMILES string of the molecule is C[C@@H](N)C(=O)Nc1ccc(-c2ccn(C)n2)cc1. The summed E-state index contributed by atoms with van der Waals surface area (Å²) in [5, 5.41) is 7.04. The second-order valence-electron chi connectivity index (χ2n) is 4.23. The van der Waals surface area contributed by atoms with Gasteiger partial charge in [0.25, 0.3) is 0 Å². The summed E-state index contributed by atoms with van der Waals surface area (Å²) in [6, 6.07) is 8.93. The van der Waals surface area contributed by atoms with Crippen LogP contribution in [0.2, 0.25) is 0 Å². The fraction of sp³-hybridized carbons (Fsp3) is 0.231. The summed E-state index contributed by atoms with van der Waals surface area (Å²) in [6.07, 6.45) is 1.89. The fourth-order valence-electron chi connectivity index (χ4n) is 1.55. The lowest BCUT2D eigenvalue weighted by molar-refractivity contribution is -0.117. The summed E-state index contributed by atoms with van der Waals surface area (Å²) in [6.45, 7) is 1.65. The van der Waals surface area contributed by atoms with E-state index >= 15 is 0 Å². The van der Waals surface area contributed by atoms with Gasteiger partial charge in [0.1, 0.15) is 0 Å². The molecule has 1 aromatic carbocycles. The van der Waals surface area contributed by atoms with Gasteiger partial charge in [-0.1, -0.05) is 12.1 Å². The van der Waals surface area contributed by atoms with Crippen molar-refractivity contribution in [2.45, 2.75) is 13.0 Å². The molecule has 0 saturated carbocycles. The third kappa shape index (κ3) is 2.75. The van der Waals surface area contributed by atoms with Crippen molar-refractivity contribution >= 4 is 11.6 Å². The van der Waals surface area contributed by atoms with Gasteiger partial charge >= 0.3 is 0 Å². The highest BCUT2D eigenvalue weighted by atomic mass is 16.2. The average molecular weight is 244 g/mol. The van der Waals surface area contributed by atoms with E-state index in [-0.39, 0.29) is 5.91 Å². The number of rotatable bonds is 3. The Labute approximate surface area is 106 Å². The minimum atomic E-state index is -0.513. The summed E-state index contributed by atoms with van der Waals surface area (Å²) in [5.41, 5.74) is 8.13. The van der Waals surface area contributed by atoms with Crippen LogP contribution < -0.4 is 11.1 Å². The maximum absolute atomic E-state index is 11.4. The molecule has 1 atom stereocenters. The van der Waals surface area contributed by atoms with Crippen molar-refractivity contribution in [2.24, 2.45) is 12.8 Å². The van der Waals surface area contributed by atoms with Crippen molar-refractivity contribution in [3.63, 3.8) is 0 Å². The molecule has 0 unspecified atom stereocenters. The van der Waals surface area contributed by atoms with Crippen molar-refractivity contribution < 1.29 is 4.79 Å². The summed E-state index contributed by atoms with van der Waals surface area (Å²) in [4.78, 5) is 11.4. The van der Waals surface area contributed by atoms with E-state index in [2.05, 4.69) is 10.4 Å². The molecule has 5 heteroatoms. The van der Waals surface area contributed by atoms with E-state index in [1.54, 1.807) is 11.6 Å². The van der Waals surface area contributed by atoms with Gasteiger partial charge in [-0.15, -0.1) is 0 Å². The van der Waals surface area contributed by atoms with Crippen LogP contribution in [0.15, 0.2) is 36.5 Å². The number of amides is 1. The molecule has 18 heavy (non-hydrogen) atoms. The molecule has 0 aliphatic rings. The topological polar surface area (TPSA) is 72.9 Å². The Hall–Kier alpha value is -2.14. The van der Waals surface area contributed by atoms with Gasteiger partial charge in [0.05, 0.1) is 11.7 Å². The van der Waals surface area contributed by atoms with Crippen LogP contribution in [-0.4, -0.2) is 21.7 Å². The lowest BCUT2D eigenvalue weighted by Gasteiger charge is -2.07.